The highest BCUT2D eigenvalue weighted by Crippen LogP contribution is 2.37. The Kier molecular flexibility index (Phi) is 6.44. The number of anilines is 1. The number of amides is 2. The van der Waals surface area contributed by atoms with Gasteiger partial charge in [-0.3, -0.25) is 0 Å². The van der Waals surface area contributed by atoms with Crippen LogP contribution in [0.3, 0.4) is 0 Å². The van der Waals surface area contributed by atoms with Crippen molar-refractivity contribution >= 4 is 35.2 Å². The van der Waals surface area contributed by atoms with Crippen LogP contribution in [0.25, 0.3) is 0 Å². The summed E-state index contributed by atoms with van der Waals surface area (Å²) in [7, 11) is 0. The molecule has 8 heteroatoms. The first-order valence-corrected chi connectivity index (χ1v) is 8.93. The number of alkyl halides is 3. The number of urea groups is 1. The van der Waals surface area contributed by atoms with E-state index in [2.05, 4.69) is 10.6 Å². The lowest BCUT2D eigenvalue weighted by molar-refractivity contribution is -0.0328. The van der Waals surface area contributed by atoms with E-state index in [-0.39, 0.29) is 16.7 Å². The third kappa shape index (κ3) is 6.37. The summed E-state index contributed by atoms with van der Waals surface area (Å²) in [5.74, 6) is 0. The number of hydrogen-bond donors (Lipinski definition) is 2. The highest BCUT2D eigenvalue weighted by Gasteiger charge is 2.29. The monoisotopic (exact) mass is 372 g/mol. The van der Waals surface area contributed by atoms with Crippen LogP contribution in [0.4, 0.5) is 23.7 Å². The Labute approximate surface area is 146 Å². The second-order valence-electron chi connectivity index (χ2n) is 4.73. The molecule has 0 spiro atoms. The van der Waals surface area contributed by atoms with Crippen molar-refractivity contribution in [2.45, 2.75) is 21.8 Å². The number of nitrogens with one attached hydrogen (secondary N) is 2. The van der Waals surface area contributed by atoms with Crippen molar-refractivity contribution in [1.29, 1.82) is 0 Å². The molecule has 0 atom stereocenters. The molecule has 128 valence electrons. The van der Waals surface area contributed by atoms with Crippen molar-refractivity contribution in [1.82, 2.24) is 5.32 Å². The molecule has 24 heavy (non-hydrogen) atoms. The molecule has 0 fully saturated rings. The Morgan fingerprint density at radius 2 is 1.79 bits per heavy atom. The van der Waals surface area contributed by atoms with Crippen LogP contribution in [-0.4, -0.2) is 17.8 Å². The minimum absolute atomic E-state index is 0.0213. The summed E-state index contributed by atoms with van der Waals surface area (Å²) in [6, 6.07) is 12.9. The zero-order chi connectivity index (χ0) is 17.6. The van der Waals surface area contributed by atoms with E-state index in [1.165, 1.54) is 24.3 Å². The van der Waals surface area contributed by atoms with E-state index in [0.717, 1.165) is 10.5 Å². The molecule has 2 amide bonds. The van der Waals surface area contributed by atoms with Crippen LogP contribution < -0.4 is 10.6 Å². The Bertz CT molecular complexity index is 690. The van der Waals surface area contributed by atoms with Crippen LogP contribution in [0.5, 0.6) is 0 Å². The first-order valence-electron chi connectivity index (χ1n) is 6.89. The first kappa shape index (κ1) is 18.5. The smallest absolute Gasteiger partial charge is 0.334 e. The van der Waals surface area contributed by atoms with Crippen molar-refractivity contribution in [3.8, 4) is 0 Å². The van der Waals surface area contributed by atoms with Crippen molar-refractivity contribution in [2.24, 2.45) is 0 Å². The van der Waals surface area contributed by atoms with Crippen LogP contribution in [0.2, 0.25) is 0 Å². The lowest BCUT2D eigenvalue weighted by Crippen LogP contribution is -2.28. The number of hydrogen-bond acceptors (Lipinski definition) is 3. The Morgan fingerprint density at radius 3 is 2.42 bits per heavy atom. The topological polar surface area (TPSA) is 41.1 Å². The quantitative estimate of drug-likeness (QED) is 0.696. The van der Waals surface area contributed by atoms with Crippen LogP contribution in [0.1, 0.15) is 5.56 Å². The minimum atomic E-state index is -4.36. The van der Waals surface area contributed by atoms with E-state index in [1.54, 1.807) is 11.8 Å². The fourth-order valence-electron chi connectivity index (χ4n) is 1.87. The standard InChI is InChI=1S/C16H15F3N2OS2/c1-23-13-7-5-11(6-8-13)10-20-15(22)21-12-3-2-4-14(9-12)24-16(17,18)19/h2-9H,10H2,1H3,(H2,20,21,22). The fourth-order valence-corrected chi connectivity index (χ4v) is 2.88. The molecule has 0 saturated carbocycles. The van der Waals surface area contributed by atoms with Crippen molar-refractivity contribution in [2.75, 3.05) is 11.6 Å². The van der Waals surface area contributed by atoms with E-state index in [0.29, 0.717) is 12.2 Å². The SMILES string of the molecule is CSc1ccc(CNC(=O)Nc2cccc(SC(F)(F)F)c2)cc1. The predicted octanol–water partition coefficient (Wildman–Crippen LogP) is 5.34. The van der Waals surface area contributed by atoms with E-state index >= 15 is 0 Å². The number of rotatable bonds is 5. The van der Waals surface area contributed by atoms with Gasteiger partial charge >= 0.3 is 11.5 Å². The highest BCUT2D eigenvalue weighted by atomic mass is 32.2. The summed E-state index contributed by atoms with van der Waals surface area (Å²) < 4.78 is 37.1. The normalized spacial score (nSPS) is 11.2. The molecule has 3 nitrogen and oxygen atoms in total. The second kappa shape index (κ2) is 8.34. The van der Waals surface area contributed by atoms with Gasteiger partial charge in [0.05, 0.1) is 0 Å². The maximum Gasteiger partial charge on any atom is 0.446 e. The Morgan fingerprint density at radius 1 is 1.08 bits per heavy atom. The summed E-state index contributed by atoms with van der Waals surface area (Å²) >= 11 is 1.41. The number of thioether (sulfide) groups is 2. The Balaban J connectivity index is 1.88. The van der Waals surface area contributed by atoms with Crippen LogP contribution >= 0.6 is 23.5 Å². The van der Waals surface area contributed by atoms with E-state index in [1.807, 2.05) is 30.5 Å². The van der Waals surface area contributed by atoms with E-state index < -0.39 is 11.5 Å². The lowest BCUT2D eigenvalue weighted by atomic mass is 10.2. The molecule has 0 heterocycles. The molecule has 2 N–H and O–H groups in total. The van der Waals surface area contributed by atoms with Crippen molar-refractivity contribution in [3.63, 3.8) is 0 Å². The summed E-state index contributed by atoms with van der Waals surface area (Å²) in [6.07, 6.45) is 1.98. The van der Waals surface area contributed by atoms with Gasteiger partial charge in [-0.05, 0) is 53.9 Å². The number of halogens is 3. The fraction of sp³-hybridized carbons (Fsp3) is 0.188. The molecule has 0 bridgehead atoms. The maximum absolute atomic E-state index is 12.4. The van der Waals surface area contributed by atoms with Gasteiger partial charge in [0.15, 0.2) is 0 Å². The van der Waals surface area contributed by atoms with Crippen LogP contribution in [0.15, 0.2) is 58.3 Å². The molecule has 0 radical (unpaired) electrons. The summed E-state index contributed by atoms with van der Waals surface area (Å²) in [4.78, 5) is 13.0. The van der Waals surface area contributed by atoms with Gasteiger partial charge in [0.2, 0.25) is 0 Å². The molecule has 0 aliphatic carbocycles. The predicted molar refractivity (Wildman–Crippen MR) is 92.4 cm³/mol. The minimum Gasteiger partial charge on any atom is -0.334 e. The summed E-state index contributed by atoms with van der Waals surface area (Å²) in [5, 5.41) is 5.19. The number of carbonyl (C=O) groups excluding carboxylic acids is 1. The van der Waals surface area contributed by atoms with E-state index in [4.69, 9.17) is 0 Å². The van der Waals surface area contributed by atoms with Crippen molar-refractivity contribution in [3.05, 3.63) is 54.1 Å². The maximum atomic E-state index is 12.4. The van der Waals surface area contributed by atoms with Gasteiger partial charge in [-0.25, -0.2) is 4.79 Å². The average Bonchev–Trinajstić information content (AvgIpc) is 2.52. The van der Waals surface area contributed by atoms with Gasteiger partial charge in [0.1, 0.15) is 0 Å². The van der Waals surface area contributed by atoms with Crippen LogP contribution in [-0.2, 0) is 6.54 Å². The largest absolute Gasteiger partial charge is 0.446 e. The molecule has 0 aliphatic rings. The molecular formula is C16H15F3N2OS2. The molecule has 0 aliphatic heterocycles. The average molecular weight is 372 g/mol. The zero-order valence-corrected chi connectivity index (χ0v) is 14.3. The molecule has 0 unspecified atom stereocenters. The molecule has 2 rings (SSSR count). The summed E-state index contributed by atoms with van der Waals surface area (Å²) in [5.41, 5.74) is -3.12. The highest BCUT2D eigenvalue weighted by molar-refractivity contribution is 8.00. The van der Waals surface area contributed by atoms with Crippen LogP contribution in [0, 0.1) is 0 Å². The Hall–Kier alpha value is -1.80. The lowest BCUT2D eigenvalue weighted by Gasteiger charge is -2.10. The molecular weight excluding hydrogens is 357 g/mol. The third-order valence-electron chi connectivity index (χ3n) is 2.94. The number of benzene rings is 2. The van der Waals surface area contributed by atoms with Gasteiger partial charge in [-0.2, -0.15) is 13.2 Å². The third-order valence-corrected chi connectivity index (χ3v) is 4.40. The zero-order valence-electron chi connectivity index (χ0n) is 12.7. The van der Waals surface area contributed by atoms with Gasteiger partial charge in [-0.15, -0.1) is 11.8 Å². The first-order chi connectivity index (χ1) is 11.4. The molecule has 0 saturated heterocycles. The van der Waals surface area contributed by atoms with Gasteiger partial charge < -0.3 is 10.6 Å². The van der Waals surface area contributed by atoms with Crippen molar-refractivity contribution < 1.29 is 18.0 Å². The molecule has 2 aromatic rings. The van der Waals surface area contributed by atoms with Gasteiger partial charge in [-0.1, -0.05) is 18.2 Å². The van der Waals surface area contributed by atoms with Gasteiger partial charge in [0.25, 0.3) is 0 Å². The number of carbonyl (C=O) groups is 1. The second-order valence-corrected chi connectivity index (χ2v) is 6.75. The molecule has 2 aromatic carbocycles. The van der Waals surface area contributed by atoms with Gasteiger partial charge in [0, 0.05) is 22.0 Å². The van der Waals surface area contributed by atoms with E-state index in [9.17, 15) is 18.0 Å². The summed E-state index contributed by atoms with van der Waals surface area (Å²) in [6.45, 7) is 0.331. The molecule has 0 aromatic heterocycles.